The number of hydrogen-bond donors (Lipinski definition) is 2. The lowest BCUT2D eigenvalue weighted by Crippen LogP contribution is -2.15. The van der Waals surface area contributed by atoms with E-state index in [1.807, 2.05) is 18.2 Å². The molecule has 1 aromatic carbocycles. The molecule has 0 spiro atoms. The number of rotatable bonds is 4. The van der Waals surface area contributed by atoms with E-state index in [1.165, 1.54) is 0 Å². The molecule has 2 rings (SSSR count). The molecule has 1 heterocycles. The van der Waals surface area contributed by atoms with Crippen LogP contribution in [0.2, 0.25) is 0 Å². The van der Waals surface area contributed by atoms with Crippen molar-refractivity contribution in [2.24, 2.45) is 5.73 Å². The highest BCUT2D eigenvalue weighted by atomic mass is 79.9. The Morgan fingerprint density at radius 3 is 2.94 bits per heavy atom. The Morgan fingerprint density at radius 2 is 2.29 bits per heavy atom. The molecule has 0 bridgehead atoms. The summed E-state index contributed by atoms with van der Waals surface area (Å²) in [5, 5.41) is 10.7. The van der Waals surface area contributed by atoms with Gasteiger partial charge in [-0.1, -0.05) is 15.9 Å². The van der Waals surface area contributed by atoms with Crippen LogP contribution in [0, 0.1) is 0 Å². The van der Waals surface area contributed by atoms with Gasteiger partial charge in [-0.05, 0) is 18.2 Å². The molecule has 1 atom stereocenters. The van der Waals surface area contributed by atoms with Gasteiger partial charge in [0.05, 0.1) is 12.7 Å². The van der Waals surface area contributed by atoms with Crippen molar-refractivity contribution in [2.45, 2.75) is 12.3 Å². The smallest absolute Gasteiger partial charge is 0.304 e. The van der Waals surface area contributed by atoms with Gasteiger partial charge in [0, 0.05) is 27.7 Å². The highest BCUT2D eigenvalue weighted by Crippen LogP contribution is 2.30. The zero-order valence-corrected chi connectivity index (χ0v) is 10.6. The van der Waals surface area contributed by atoms with Crippen LogP contribution in [0.15, 0.2) is 33.4 Å². The van der Waals surface area contributed by atoms with Gasteiger partial charge in [-0.3, -0.25) is 4.79 Å². The molecule has 0 aliphatic heterocycles. The van der Waals surface area contributed by atoms with Crippen molar-refractivity contribution >= 4 is 32.7 Å². The Morgan fingerprint density at radius 1 is 1.53 bits per heavy atom. The molecular formula is C12H12BrNO3. The lowest BCUT2D eigenvalue weighted by Gasteiger charge is -2.09. The van der Waals surface area contributed by atoms with Crippen molar-refractivity contribution in [1.29, 1.82) is 0 Å². The van der Waals surface area contributed by atoms with Gasteiger partial charge in [-0.15, -0.1) is 0 Å². The number of benzene rings is 1. The Hall–Kier alpha value is -1.33. The Balaban J connectivity index is 2.43. The first kappa shape index (κ1) is 12.1. The van der Waals surface area contributed by atoms with E-state index in [-0.39, 0.29) is 18.9 Å². The molecule has 0 radical (unpaired) electrons. The molecule has 5 heteroatoms. The number of nitrogens with two attached hydrogens (primary N) is 1. The molecule has 90 valence electrons. The fraction of sp³-hybridized carbons (Fsp3) is 0.250. The highest BCUT2D eigenvalue weighted by molar-refractivity contribution is 9.10. The largest absolute Gasteiger partial charge is 0.481 e. The number of furan rings is 1. The van der Waals surface area contributed by atoms with Crippen molar-refractivity contribution in [3.63, 3.8) is 0 Å². The van der Waals surface area contributed by atoms with E-state index in [2.05, 4.69) is 15.9 Å². The monoisotopic (exact) mass is 297 g/mol. The molecule has 4 nitrogen and oxygen atoms in total. The molecule has 0 fully saturated rings. The first-order chi connectivity index (χ1) is 8.11. The predicted octanol–water partition coefficient (Wildman–Crippen LogP) is 2.71. The van der Waals surface area contributed by atoms with Crippen LogP contribution in [0.4, 0.5) is 0 Å². The van der Waals surface area contributed by atoms with E-state index in [0.717, 1.165) is 15.2 Å². The van der Waals surface area contributed by atoms with E-state index in [0.29, 0.717) is 5.76 Å². The molecule has 2 aromatic rings. The maximum atomic E-state index is 10.7. The lowest BCUT2D eigenvalue weighted by atomic mass is 9.99. The highest BCUT2D eigenvalue weighted by Gasteiger charge is 2.20. The van der Waals surface area contributed by atoms with E-state index in [9.17, 15) is 4.79 Å². The predicted molar refractivity (Wildman–Crippen MR) is 68.0 cm³/mol. The quantitative estimate of drug-likeness (QED) is 0.910. The molecule has 1 aromatic heterocycles. The maximum absolute atomic E-state index is 10.7. The summed E-state index contributed by atoms with van der Waals surface area (Å²) in [4.78, 5) is 10.7. The molecular weight excluding hydrogens is 286 g/mol. The summed E-state index contributed by atoms with van der Waals surface area (Å²) in [6.07, 6.45) is 1.61. The fourth-order valence-corrected chi connectivity index (χ4v) is 2.23. The second kappa shape index (κ2) is 4.89. The standard InChI is InChI=1S/C12H12BrNO3/c13-9-1-2-10-8(3-9)6-17-12(10)7(5-14)4-11(15)16/h1-3,6-7H,4-5,14H2,(H,15,16). The van der Waals surface area contributed by atoms with E-state index in [4.69, 9.17) is 15.3 Å². The van der Waals surface area contributed by atoms with Crippen LogP contribution in [0.5, 0.6) is 0 Å². The van der Waals surface area contributed by atoms with Crippen molar-refractivity contribution < 1.29 is 14.3 Å². The van der Waals surface area contributed by atoms with Crippen molar-refractivity contribution in [3.8, 4) is 0 Å². The van der Waals surface area contributed by atoms with Gasteiger partial charge >= 0.3 is 5.97 Å². The summed E-state index contributed by atoms with van der Waals surface area (Å²) in [7, 11) is 0. The van der Waals surface area contributed by atoms with Crippen LogP contribution in [0.3, 0.4) is 0 Å². The number of halogens is 1. The van der Waals surface area contributed by atoms with E-state index in [1.54, 1.807) is 6.26 Å². The molecule has 0 saturated heterocycles. The summed E-state index contributed by atoms with van der Waals surface area (Å²) in [5.74, 6) is -0.509. The number of hydrogen-bond acceptors (Lipinski definition) is 3. The molecule has 3 N–H and O–H groups in total. The van der Waals surface area contributed by atoms with E-state index < -0.39 is 5.97 Å². The molecule has 0 aliphatic carbocycles. The van der Waals surface area contributed by atoms with Crippen LogP contribution >= 0.6 is 15.9 Å². The minimum absolute atomic E-state index is 0.0187. The number of aliphatic carboxylic acids is 1. The third-order valence-corrected chi connectivity index (χ3v) is 3.16. The first-order valence-corrected chi connectivity index (χ1v) is 5.99. The summed E-state index contributed by atoms with van der Waals surface area (Å²) in [6.45, 7) is 0.255. The summed E-state index contributed by atoms with van der Waals surface area (Å²) in [6, 6.07) is 5.73. The average molecular weight is 298 g/mol. The third kappa shape index (κ3) is 2.50. The van der Waals surface area contributed by atoms with Crippen molar-refractivity contribution in [3.05, 3.63) is 34.7 Å². The van der Waals surface area contributed by atoms with Gasteiger partial charge in [-0.25, -0.2) is 0 Å². The molecule has 1 unspecified atom stereocenters. The molecule has 0 saturated carbocycles. The van der Waals surface area contributed by atoms with Gasteiger partial charge in [-0.2, -0.15) is 0 Å². The maximum Gasteiger partial charge on any atom is 0.304 e. The van der Waals surface area contributed by atoms with Crippen LogP contribution in [-0.4, -0.2) is 17.6 Å². The minimum atomic E-state index is -0.873. The third-order valence-electron chi connectivity index (χ3n) is 2.67. The Kier molecular flexibility index (Phi) is 3.49. The van der Waals surface area contributed by atoms with Crippen LogP contribution < -0.4 is 5.73 Å². The number of fused-ring (bicyclic) bond motifs is 1. The van der Waals surface area contributed by atoms with Gasteiger partial charge in [0.25, 0.3) is 0 Å². The van der Waals surface area contributed by atoms with Crippen LogP contribution in [0.25, 0.3) is 10.8 Å². The number of carbonyl (C=O) groups is 1. The van der Waals surface area contributed by atoms with Crippen LogP contribution in [0.1, 0.15) is 18.1 Å². The number of carboxylic acid groups (broad SMARTS) is 1. The van der Waals surface area contributed by atoms with Gasteiger partial charge < -0.3 is 15.3 Å². The molecule has 17 heavy (non-hydrogen) atoms. The van der Waals surface area contributed by atoms with Gasteiger partial charge in [0.1, 0.15) is 5.76 Å². The molecule has 0 aliphatic rings. The van der Waals surface area contributed by atoms with Gasteiger partial charge in [0.2, 0.25) is 0 Å². The zero-order valence-electron chi connectivity index (χ0n) is 9.02. The second-order valence-corrected chi connectivity index (χ2v) is 4.78. The summed E-state index contributed by atoms with van der Waals surface area (Å²) < 4.78 is 6.42. The number of carboxylic acids is 1. The SMILES string of the molecule is NCC(CC(=O)O)c1occ2cc(Br)ccc12. The Bertz CT molecular complexity index is 550. The van der Waals surface area contributed by atoms with Crippen molar-refractivity contribution in [2.75, 3.05) is 6.54 Å². The normalized spacial score (nSPS) is 12.8. The summed E-state index contributed by atoms with van der Waals surface area (Å²) in [5.41, 5.74) is 5.60. The first-order valence-electron chi connectivity index (χ1n) is 5.20. The lowest BCUT2D eigenvalue weighted by molar-refractivity contribution is -0.137. The van der Waals surface area contributed by atoms with Crippen molar-refractivity contribution in [1.82, 2.24) is 0 Å². The van der Waals surface area contributed by atoms with Crippen LogP contribution in [-0.2, 0) is 4.79 Å². The Labute approximate surface area is 107 Å². The second-order valence-electron chi connectivity index (χ2n) is 3.86. The zero-order chi connectivity index (χ0) is 12.4. The molecule has 0 amide bonds. The summed E-state index contributed by atoms with van der Waals surface area (Å²) >= 11 is 3.38. The average Bonchev–Trinajstić information content (AvgIpc) is 2.68. The van der Waals surface area contributed by atoms with Gasteiger partial charge in [0.15, 0.2) is 0 Å². The fourth-order valence-electron chi connectivity index (χ4n) is 1.86. The minimum Gasteiger partial charge on any atom is -0.481 e. The van der Waals surface area contributed by atoms with E-state index >= 15 is 0 Å². The topological polar surface area (TPSA) is 76.5 Å².